The first-order chi connectivity index (χ1) is 12.0. The van der Waals surface area contributed by atoms with Crippen LogP contribution in [0.1, 0.15) is 25.2 Å². The second-order valence-electron chi connectivity index (χ2n) is 5.97. The number of aromatic nitrogens is 2. The number of imidazole rings is 1. The molecule has 1 aromatic carbocycles. The number of rotatable bonds is 8. The van der Waals surface area contributed by atoms with Gasteiger partial charge >= 0.3 is 0 Å². The third-order valence-electron chi connectivity index (χ3n) is 3.75. The zero-order valence-corrected chi connectivity index (χ0v) is 16.1. The summed E-state index contributed by atoms with van der Waals surface area (Å²) >= 11 is 12.2. The van der Waals surface area contributed by atoms with Gasteiger partial charge in [-0.1, -0.05) is 53.6 Å². The molecule has 0 fully saturated rings. The van der Waals surface area contributed by atoms with E-state index in [0.29, 0.717) is 23.1 Å². The van der Waals surface area contributed by atoms with E-state index in [1.807, 2.05) is 30.6 Å². The van der Waals surface area contributed by atoms with Crippen molar-refractivity contribution in [3.63, 3.8) is 0 Å². The van der Waals surface area contributed by atoms with Crippen molar-refractivity contribution in [2.24, 2.45) is 0 Å². The van der Waals surface area contributed by atoms with Crippen LogP contribution in [0, 0.1) is 0 Å². The van der Waals surface area contributed by atoms with Crippen LogP contribution < -0.4 is 5.32 Å². The number of hydrogen-bond acceptors (Lipinski definition) is 2. The average Bonchev–Trinajstić information content (AvgIpc) is 2.96. The van der Waals surface area contributed by atoms with Crippen LogP contribution in [0.4, 0.5) is 0 Å². The number of nitrogens with one attached hydrogen (secondary N) is 1. The predicted molar refractivity (Wildman–Crippen MR) is 107 cm³/mol. The summed E-state index contributed by atoms with van der Waals surface area (Å²) in [6, 6.07) is 5.58. The minimum absolute atomic E-state index is 0.643. The second-order valence-corrected chi connectivity index (χ2v) is 6.85. The Hall–Kier alpha value is -1.81. The fraction of sp³-hybridized carbons (Fsp3) is 0.250. The standard InChI is InChI=1S/C20H23Cl2N3/c1-4-5-6-17(15(2)3)12-23-13-20-24-7-8-25(20)14-16-9-18(21)11-19(22)10-16/h4-11,23H,1,12-14H2,2-3H3/b6-5-. The summed E-state index contributed by atoms with van der Waals surface area (Å²) in [4.78, 5) is 4.45. The SMILES string of the molecule is C=C/C=C\C(CNCc1nccn1Cc1cc(Cl)cc(Cl)c1)=C(C)C. The Bertz CT molecular complexity index is 764. The van der Waals surface area contributed by atoms with E-state index in [4.69, 9.17) is 23.2 Å². The molecule has 0 atom stereocenters. The van der Waals surface area contributed by atoms with Crippen molar-refractivity contribution in [2.75, 3.05) is 6.54 Å². The van der Waals surface area contributed by atoms with Gasteiger partial charge in [-0.05, 0) is 43.2 Å². The lowest BCUT2D eigenvalue weighted by Gasteiger charge is -2.11. The third kappa shape index (κ3) is 6.20. The van der Waals surface area contributed by atoms with Crippen LogP contribution in [0.3, 0.4) is 0 Å². The van der Waals surface area contributed by atoms with Crippen molar-refractivity contribution in [1.29, 1.82) is 0 Å². The molecule has 0 spiro atoms. The Labute approximate surface area is 159 Å². The van der Waals surface area contributed by atoms with Gasteiger partial charge in [0, 0.05) is 35.5 Å². The van der Waals surface area contributed by atoms with Crippen molar-refractivity contribution in [1.82, 2.24) is 14.9 Å². The van der Waals surface area contributed by atoms with Crippen molar-refractivity contribution in [2.45, 2.75) is 26.9 Å². The van der Waals surface area contributed by atoms with Gasteiger partial charge in [-0.15, -0.1) is 0 Å². The van der Waals surface area contributed by atoms with Crippen LogP contribution in [0.25, 0.3) is 0 Å². The molecule has 1 N–H and O–H groups in total. The first-order valence-electron chi connectivity index (χ1n) is 8.10. The molecule has 0 saturated carbocycles. The Morgan fingerprint density at radius 2 is 1.96 bits per heavy atom. The number of allylic oxidation sites excluding steroid dienone is 3. The summed E-state index contributed by atoms with van der Waals surface area (Å²) in [6.07, 6.45) is 9.59. The molecule has 2 aromatic rings. The lowest BCUT2D eigenvalue weighted by molar-refractivity contribution is 0.647. The Morgan fingerprint density at radius 1 is 1.24 bits per heavy atom. The fourth-order valence-corrected chi connectivity index (χ4v) is 3.02. The van der Waals surface area contributed by atoms with E-state index in [9.17, 15) is 0 Å². The lowest BCUT2D eigenvalue weighted by atomic mass is 10.1. The van der Waals surface area contributed by atoms with Crippen LogP contribution >= 0.6 is 23.2 Å². The van der Waals surface area contributed by atoms with Crippen LogP contribution in [0.5, 0.6) is 0 Å². The largest absolute Gasteiger partial charge is 0.329 e. The first kappa shape index (κ1) is 19.5. The summed E-state index contributed by atoms with van der Waals surface area (Å²) in [5, 5.41) is 4.73. The molecule has 1 aromatic heterocycles. The zero-order valence-electron chi connectivity index (χ0n) is 14.6. The number of hydrogen-bond donors (Lipinski definition) is 1. The predicted octanol–water partition coefficient (Wildman–Crippen LogP) is 5.41. The van der Waals surface area contributed by atoms with Gasteiger partial charge in [0.1, 0.15) is 5.82 Å². The van der Waals surface area contributed by atoms with Gasteiger partial charge in [-0.25, -0.2) is 4.98 Å². The van der Waals surface area contributed by atoms with Gasteiger partial charge in [0.2, 0.25) is 0 Å². The van der Waals surface area contributed by atoms with E-state index in [1.54, 1.807) is 12.1 Å². The Kier molecular flexibility index (Phi) is 7.51. The van der Waals surface area contributed by atoms with Gasteiger partial charge in [-0.3, -0.25) is 0 Å². The molecule has 1 heterocycles. The van der Waals surface area contributed by atoms with E-state index >= 15 is 0 Å². The maximum Gasteiger partial charge on any atom is 0.122 e. The third-order valence-corrected chi connectivity index (χ3v) is 4.19. The monoisotopic (exact) mass is 375 g/mol. The van der Waals surface area contributed by atoms with Gasteiger partial charge in [0.15, 0.2) is 0 Å². The molecule has 0 unspecified atom stereocenters. The molecule has 0 aliphatic heterocycles. The van der Waals surface area contributed by atoms with Crippen molar-refractivity contribution >= 4 is 23.2 Å². The number of nitrogens with zero attached hydrogens (tertiary/aromatic N) is 2. The summed E-state index contributed by atoms with van der Waals surface area (Å²) in [5.74, 6) is 0.969. The molecule has 132 valence electrons. The van der Waals surface area contributed by atoms with Crippen LogP contribution in [0.15, 0.2) is 66.5 Å². The van der Waals surface area contributed by atoms with E-state index in [2.05, 4.69) is 41.4 Å². The molecule has 25 heavy (non-hydrogen) atoms. The minimum atomic E-state index is 0.643. The summed E-state index contributed by atoms with van der Waals surface area (Å²) in [6.45, 7) is 10.1. The summed E-state index contributed by atoms with van der Waals surface area (Å²) in [7, 11) is 0. The highest BCUT2D eigenvalue weighted by Crippen LogP contribution is 2.20. The maximum absolute atomic E-state index is 6.08. The van der Waals surface area contributed by atoms with Crippen LogP contribution in [-0.4, -0.2) is 16.1 Å². The number of benzene rings is 1. The van der Waals surface area contributed by atoms with E-state index < -0.39 is 0 Å². The van der Waals surface area contributed by atoms with E-state index in [1.165, 1.54) is 11.1 Å². The maximum atomic E-state index is 6.08. The molecule has 0 saturated heterocycles. The Morgan fingerprint density at radius 3 is 2.60 bits per heavy atom. The van der Waals surface area contributed by atoms with E-state index in [0.717, 1.165) is 17.9 Å². The number of halogens is 2. The second kappa shape index (κ2) is 9.62. The molecule has 2 rings (SSSR count). The molecular formula is C20H23Cl2N3. The highest BCUT2D eigenvalue weighted by Gasteiger charge is 2.06. The van der Waals surface area contributed by atoms with Gasteiger partial charge in [0.25, 0.3) is 0 Å². The van der Waals surface area contributed by atoms with Crippen LogP contribution in [0.2, 0.25) is 10.0 Å². The molecule has 5 heteroatoms. The lowest BCUT2D eigenvalue weighted by Crippen LogP contribution is -2.19. The van der Waals surface area contributed by atoms with Crippen molar-refractivity contribution < 1.29 is 0 Å². The molecule has 3 nitrogen and oxygen atoms in total. The molecule has 0 bridgehead atoms. The minimum Gasteiger partial charge on any atom is -0.329 e. The average molecular weight is 376 g/mol. The zero-order chi connectivity index (χ0) is 18.2. The molecular weight excluding hydrogens is 353 g/mol. The molecule has 0 aliphatic carbocycles. The topological polar surface area (TPSA) is 29.9 Å². The normalized spacial score (nSPS) is 11.0. The summed E-state index contributed by atoms with van der Waals surface area (Å²) in [5.41, 5.74) is 3.58. The van der Waals surface area contributed by atoms with Crippen LogP contribution in [-0.2, 0) is 13.1 Å². The van der Waals surface area contributed by atoms with Crippen molar-refractivity contribution in [3.8, 4) is 0 Å². The quantitative estimate of drug-likeness (QED) is 0.625. The molecule has 0 aliphatic rings. The van der Waals surface area contributed by atoms with Crippen molar-refractivity contribution in [3.05, 3.63) is 88.0 Å². The van der Waals surface area contributed by atoms with E-state index in [-0.39, 0.29) is 0 Å². The first-order valence-corrected chi connectivity index (χ1v) is 8.86. The van der Waals surface area contributed by atoms with Gasteiger partial charge in [0.05, 0.1) is 6.54 Å². The van der Waals surface area contributed by atoms with Gasteiger partial charge < -0.3 is 9.88 Å². The smallest absolute Gasteiger partial charge is 0.122 e. The highest BCUT2D eigenvalue weighted by atomic mass is 35.5. The fourth-order valence-electron chi connectivity index (χ4n) is 2.45. The molecule has 0 radical (unpaired) electrons. The summed E-state index contributed by atoms with van der Waals surface area (Å²) < 4.78 is 2.09. The Balaban J connectivity index is 2.01. The molecule has 0 amide bonds. The highest BCUT2D eigenvalue weighted by molar-refractivity contribution is 6.34. The van der Waals surface area contributed by atoms with Gasteiger partial charge in [-0.2, -0.15) is 0 Å².